The van der Waals surface area contributed by atoms with Gasteiger partial charge in [0.2, 0.25) is 11.8 Å². The monoisotopic (exact) mass is 294 g/mol. The van der Waals surface area contributed by atoms with E-state index in [9.17, 15) is 9.59 Å². The third-order valence-electron chi connectivity index (χ3n) is 3.63. The molecule has 2 rings (SSSR count). The molecule has 1 saturated heterocycles. The van der Waals surface area contributed by atoms with E-state index in [1.807, 2.05) is 16.3 Å². The Kier molecular flexibility index (Phi) is 4.18. The molecule has 0 aromatic carbocycles. The van der Waals surface area contributed by atoms with Crippen molar-refractivity contribution in [1.82, 2.24) is 10.2 Å². The molecule has 0 radical (unpaired) electrons. The number of thiophene rings is 1. The zero-order valence-corrected chi connectivity index (χ0v) is 13.3. The van der Waals surface area contributed by atoms with Gasteiger partial charge >= 0.3 is 0 Å². The van der Waals surface area contributed by atoms with Gasteiger partial charge in [0.15, 0.2) is 0 Å². The summed E-state index contributed by atoms with van der Waals surface area (Å²) >= 11 is 1.66. The molecule has 0 aliphatic carbocycles. The molecule has 1 aliphatic heterocycles. The summed E-state index contributed by atoms with van der Waals surface area (Å²) in [6.45, 7) is 8.26. The molecule has 1 N–H and O–H groups in total. The van der Waals surface area contributed by atoms with Crippen LogP contribution in [0.25, 0.3) is 0 Å². The van der Waals surface area contributed by atoms with Crippen LogP contribution in [0.1, 0.15) is 45.0 Å². The minimum Gasteiger partial charge on any atom is -0.342 e. The van der Waals surface area contributed by atoms with E-state index < -0.39 is 5.54 Å². The molecule has 1 fully saturated rings. The van der Waals surface area contributed by atoms with Crippen molar-refractivity contribution in [1.29, 1.82) is 0 Å². The first-order valence-corrected chi connectivity index (χ1v) is 7.86. The van der Waals surface area contributed by atoms with Gasteiger partial charge in [-0.1, -0.05) is 19.9 Å². The van der Waals surface area contributed by atoms with Gasteiger partial charge in [-0.15, -0.1) is 11.3 Å². The number of amides is 2. The number of carbonyl (C=O) groups is 2. The zero-order valence-electron chi connectivity index (χ0n) is 12.5. The van der Waals surface area contributed by atoms with Gasteiger partial charge in [0.05, 0.1) is 6.04 Å². The summed E-state index contributed by atoms with van der Waals surface area (Å²) in [5.41, 5.74) is -0.835. The maximum absolute atomic E-state index is 12.8. The summed E-state index contributed by atoms with van der Waals surface area (Å²) < 4.78 is 0. The van der Waals surface area contributed by atoms with E-state index in [0.717, 1.165) is 0 Å². The van der Waals surface area contributed by atoms with Gasteiger partial charge < -0.3 is 10.2 Å². The van der Waals surface area contributed by atoms with Crippen molar-refractivity contribution in [3.05, 3.63) is 22.4 Å². The van der Waals surface area contributed by atoms with Gasteiger partial charge in [0.25, 0.3) is 0 Å². The molecule has 20 heavy (non-hydrogen) atoms. The number of nitrogens with zero attached hydrogens (tertiary/aromatic N) is 1. The predicted molar refractivity (Wildman–Crippen MR) is 80.4 cm³/mol. The van der Waals surface area contributed by atoms with Crippen molar-refractivity contribution in [3.8, 4) is 0 Å². The fourth-order valence-corrected chi connectivity index (χ4v) is 3.72. The Bertz CT molecular complexity index is 494. The Hall–Kier alpha value is -1.36. The van der Waals surface area contributed by atoms with Gasteiger partial charge in [-0.05, 0) is 31.2 Å². The van der Waals surface area contributed by atoms with Crippen LogP contribution in [0.4, 0.5) is 0 Å². The van der Waals surface area contributed by atoms with E-state index in [0.29, 0.717) is 18.9 Å². The quantitative estimate of drug-likeness (QED) is 0.931. The average Bonchev–Trinajstić information content (AvgIpc) is 2.82. The Labute approximate surface area is 124 Å². The van der Waals surface area contributed by atoms with Crippen molar-refractivity contribution in [2.45, 2.75) is 45.7 Å². The van der Waals surface area contributed by atoms with E-state index >= 15 is 0 Å². The minimum atomic E-state index is -0.835. The Morgan fingerprint density at radius 3 is 2.60 bits per heavy atom. The molecule has 4 nitrogen and oxygen atoms in total. The second-order valence-corrected chi connectivity index (χ2v) is 7.11. The molecule has 1 aromatic heterocycles. The third kappa shape index (κ3) is 2.87. The summed E-state index contributed by atoms with van der Waals surface area (Å²) in [6.07, 6.45) is 0.365. The van der Waals surface area contributed by atoms with E-state index in [4.69, 9.17) is 0 Å². The van der Waals surface area contributed by atoms with Gasteiger partial charge in [-0.3, -0.25) is 9.59 Å². The van der Waals surface area contributed by atoms with Gasteiger partial charge in [0, 0.05) is 17.8 Å². The van der Waals surface area contributed by atoms with Crippen molar-refractivity contribution in [2.75, 3.05) is 6.54 Å². The summed E-state index contributed by atoms with van der Waals surface area (Å²) in [7, 11) is 0. The molecule has 2 amide bonds. The lowest BCUT2D eigenvalue weighted by atomic mass is 9.97. The summed E-state index contributed by atoms with van der Waals surface area (Å²) in [5, 5.41) is 4.84. The molecule has 1 aromatic rings. The van der Waals surface area contributed by atoms with Crippen LogP contribution in [0.15, 0.2) is 17.5 Å². The second kappa shape index (κ2) is 5.56. The van der Waals surface area contributed by atoms with Crippen LogP contribution >= 0.6 is 11.3 Å². The average molecular weight is 294 g/mol. The predicted octanol–water partition coefficient (Wildman–Crippen LogP) is 2.57. The van der Waals surface area contributed by atoms with E-state index in [1.54, 1.807) is 25.2 Å². The van der Waals surface area contributed by atoms with Crippen LogP contribution in [0.2, 0.25) is 0 Å². The number of hydrogen-bond acceptors (Lipinski definition) is 3. The molecule has 2 heterocycles. The van der Waals surface area contributed by atoms with Crippen LogP contribution in [0, 0.1) is 5.92 Å². The summed E-state index contributed by atoms with van der Waals surface area (Å²) in [6, 6.07) is 4.11. The number of rotatable bonds is 3. The van der Waals surface area contributed by atoms with Crippen molar-refractivity contribution in [2.24, 2.45) is 5.92 Å². The Morgan fingerprint density at radius 1 is 1.35 bits per heavy atom. The van der Waals surface area contributed by atoms with Crippen LogP contribution in [-0.2, 0) is 9.59 Å². The first-order valence-electron chi connectivity index (χ1n) is 6.98. The molecule has 110 valence electrons. The van der Waals surface area contributed by atoms with E-state index in [1.165, 1.54) is 4.88 Å². The Balaban J connectivity index is 2.37. The van der Waals surface area contributed by atoms with Gasteiger partial charge in [-0.2, -0.15) is 0 Å². The molecule has 0 spiro atoms. The molecular weight excluding hydrogens is 272 g/mol. The van der Waals surface area contributed by atoms with E-state index in [2.05, 4.69) is 25.2 Å². The fraction of sp³-hybridized carbons (Fsp3) is 0.600. The first-order chi connectivity index (χ1) is 9.33. The largest absolute Gasteiger partial charge is 0.342 e. The second-order valence-electron chi connectivity index (χ2n) is 6.13. The highest BCUT2D eigenvalue weighted by molar-refractivity contribution is 7.10. The lowest BCUT2D eigenvalue weighted by Crippen LogP contribution is -2.53. The minimum absolute atomic E-state index is 0.00421. The smallest absolute Gasteiger partial charge is 0.248 e. The molecule has 1 unspecified atom stereocenters. The van der Waals surface area contributed by atoms with Crippen LogP contribution in [0.3, 0.4) is 0 Å². The topological polar surface area (TPSA) is 49.4 Å². The van der Waals surface area contributed by atoms with Crippen molar-refractivity contribution < 1.29 is 9.59 Å². The number of carbonyl (C=O) groups excluding carboxylic acids is 2. The third-order valence-corrected chi connectivity index (χ3v) is 4.57. The SMILES string of the molecule is CC(C)C(c1cccs1)N1CCC(=O)NC(C)(C)C1=O. The highest BCUT2D eigenvalue weighted by Gasteiger charge is 2.40. The van der Waals surface area contributed by atoms with Crippen molar-refractivity contribution >= 4 is 23.2 Å². The zero-order chi connectivity index (χ0) is 14.9. The molecule has 0 bridgehead atoms. The van der Waals surface area contributed by atoms with Crippen LogP contribution < -0.4 is 5.32 Å². The maximum Gasteiger partial charge on any atom is 0.248 e. The fourth-order valence-electron chi connectivity index (χ4n) is 2.71. The standard InChI is InChI=1S/C15H22N2O2S/c1-10(2)13(11-6-5-9-20-11)17-8-7-12(18)16-15(3,4)14(17)19/h5-6,9-10,13H,7-8H2,1-4H3,(H,16,18). The lowest BCUT2D eigenvalue weighted by Gasteiger charge is -2.36. The molecule has 1 atom stereocenters. The summed E-state index contributed by atoms with van der Waals surface area (Å²) in [5.74, 6) is 0.247. The molecular formula is C15H22N2O2S. The lowest BCUT2D eigenvalue weighted by molar-refractivity contribution is -0.140. The molecule has 0 saturated carbocycles. The molecule has 1 aliphatic rings. The number of hydrogen-bond donors (Lipinski definition) is 1. The Morgan fingerprint density at radius 2 is 2.05 bits per heavy atom. The van der Waals surface area contributed by atoms with Gasteiger partial charge in [-0.25, -0.2) is 0 Å². The van der Waals surface area contributed by atoms with Crippen LogP contribution in [-0.4, -0.2) is 28.8 Å². The van der Waals surface area contributed by atoms with E-state index in [-0.39, 0.29) is 17.9 Å². The maximum atomic E-state index is 12.8. The first kappa shape index (κ1) is 15.0. The normalized spacial score (nSPS) is 20.8. The van der Waals surface area contributed by atoms with Crippen molar-refractivity contribution in [3.63, 3.8) is 0 Å². The van der Waals surface area contributed by atoms with Gasteiger partial charge in [0.1, 0.15) is 5.54 Å². The highest BCUT2D eigenvalue weighted by atomic mass is 32.1. The molecule has 5 heteroatoms. The summed E-state index contributed by atoms with van der Waals surface area (Å²) in [4.78, 5) is 27.6. The van der Waals surface area contributed by atoms with Crippen LogP contribution in [0.5, 0.6) is 0 Å². The highest BCUT2D eigenvalue weighted by Crippen LogP contribution is 2.34. The number of nitrogens with one attached hydrogen (secondary N) is 1.